The van der Waals surface area contributed by atoms with E-state index in [-0.39, 0.29) is 12.1 Å². The maximum absolute atomic E-state index is 12.1. The Morgan fingerprint density at radius 2 is 1.83 bits per heavy atom. The second kappa shape index (κ2) is 6.15. The first-order chi connectivity index (χ1) is 10.5. The van der Waals surface area contributed by atoms with Crippen molar-refractivity contribution < 1.29 is 14.6 Å². The first-order valence-corrected chi connectivity index (χ1v) is 8.23. The van der Waals surface area contributed by atoms with Gasteiger partial charge in [0.25, 0.3) is 0 Å². The van der Waals surface area contributed by atoms with E-state index in [4.69, 9.17) is 4.74 Å². The number of carbonyl (C=O) groups excluding carboxylic acids is 1. The molecule has 0 radical (unpaired) electrons. The molecule has 130 valence electrons. The van der Waals surface area contributed by atoms with Crippen molar-refractivity contribution in [1.29, 1.82) is 0 Å². The number of likely N-dealkylation sites (tertiary alicyclic amines) is 1. The van der Waals surface area contributed by atoms with Crippen LogP contribution in [0.4, 0.5) is 4.79 Å². The van der Waals surface area contributed by atoms with Gasteiger partial charge in [-0.1, -0.05) is 0 Å². The largest absolute Gasteiger partial charge is 0.444 e. The summed E-state index contributed by atoms with van der Waals surface area (Å²) in [5.41, 5.74) is -0.545. The summed E-state index contributed by atoms with van der Waals surface area (Å²) in [7, 11) is 0. The Labute approximate surface area is 138 Å². The lowest BCUT2D eigenvalue weighted by Gasteiger charge is -2.35. The van der Waals surface area contributed by atoms with Crippen LogP contribution in [-0.4, -0.2) is 44.3 Å². The molecule has 0 bridgehead atoms. The highest BCUT2D eigenvalue weighted by Crippen LogP contribution is 2.29. The molecule has 2 heterocycles. The minimum Gasteiger partial charge on any atom is -0.444 e. The van der Waals surface area contributed by atoms with Crippen molar-refractivity contribution in [2.24, 2.45) is 0 Å². The minimum absolute atomic E-state index is 0.247. The van der Waals surface area contributed by atoms with E-state index in [0.29, 0.717) is 18.9 Å². The molecule has 0 saturated carbocycles. The molecular weight excluding hydrogens is 294 g/mol. The third kappa shape index (κ3) is 4.47. The SMILES string of the molecule is Cc1cn(C2CCN(C(=O)OC(C)(C)C)CC2)c(C(C)(C)O)n1. The Balaban J connectivity index is 2.04. The summed E-state index contributed by atoms with van der Waals surface area (Å²) in [6, 6.07) is 0.247. The van der Waals surface area contributed by atoms with Gasteiger partial charge in [-0.3, -0.25) is 0 Å². The van der Waals surface area contributed by atoms with E-state index in [1.165, 1.54) is 0 Å². The van der Waals surface area contributed by atoms with Gasteiger partial charge in [0.15, 0.2) is 0 Å². The molecule has 1 fully saturated rings. The fourth-order valence-electron chi connectivity index (χ4n) is 2.90. The molecule has 0 spiro atoms. The number of hydrogen-bond donors (Lipinski definition) is 1. The van der Waals surface area contributed by atoms with E-state index >= 15 is 0 Å². The van der Waals surface area contributed by atoms with Gasteiger partial charge in [0, 0.05) is 25.3 Å². The summed E-state index contributed by atoms with van der Waals surface area (Å²) in [6.07, 6.45) is 3.40. The number of hydrogen-bond acceptors (Lipinski definition) is 4. The topological polar surface area (TPSA) is 67.6 Å². The Bertz CT molecular complexity index is 559. The molecule has 1 aliphatic heterocycles. The number of piperidine rings is 1. The lowest BCUT2D eigenvalue weighted by molar-refractivity contribution is 0.0174. The van der Waals surface area contributed by atoms with Crippen molar-refractivity contribution in [2.45, 2.75) is 71.6 Å². The van der Waals surface area contributed by atoms with E-state index in [1.54, 1.807) is 18.7 Å². The predicted octanol–water partition coefficient (Wildman–Crippen LogP) is 2.99. The van der Waals surface area contributed by atoms with E-state index in [2.05, 4.69) is 9.55 Å². The molecular formula is C17H29N3O3. The Hall–Kier alpha value is -1.56. The lowest BCUT2D eigenvalue weighted by Crippen LogP contribution is -2.42. The molecule has 1 aromatic rings. The number of aliphatic hydroxyl groups is 1. The van der Waals surface area contributed by atoms with Gasteiger partial charge in [0.05, 0.1) is 5.69 Å². The van der Waals surface area contributed by atoms with Gasteiger partial charge < -0.3 is 19.3 Å². The number of imidazole rings is 1. The van der Waals surface area contributed by atoms with Gasteiger partial charge in [-0.2, -0.15) is 0 Å². The van der Waals surface area contributed by atoms with Crippen molar-refractivity contribution in [3.63, 3.8) is 0 Å². The Morgan fingerprint density at radius 3 is 2.30 bits per heavy atom. The van der Waals surface area contributed by atoms with Crippen molar-refractivity contribution in [1.82, 2.24) is 14.5 Å². The van der Waals surface area contributed by atoms with Crippen molar-refractivity contribution in [2.75, 3.05) is 13.1 Å². The van der Waals surface area contributed by atoms with Gasteiger partial charge in [0.1, 0.15) is 17.0 Å². The number of carbonyl (C=O) groups is 1. The van der Waals surface area contributed by atoms with Crippen LogP contribution in [0.1, 0.15) is 65.0 Å². The van der Waals surface area contributed by atoms with Gasteiger partial charge in [-0.25, -0.2) is 9.78 Å². The number of rotatable bonds is 2. The molecule has 1 saturated heterocycles. The molecule has 6 heteroatoms. The van der Waals surface area contributed by atoms with Crippen molar-refractivity contribution in [3.05, 3.63) is 17.7 Å². The normalized spacial score (nSPS) is 17.4. The second-order valence-electron chi connectivity index (χ2n) is 7.87. The molecule has 2 rings (SSSR count). The molecule has 1 N–H and O–H groups in total. The number of ether oxygens (including phenoxy) is 1. The van der Waals surface area contributed by atoms with Gasteiger partial charge >= 0.3 is 6.09 Å². The van der Waals surface area contributed by atoms with Gasteiger partial charge in [-0.05, 0) is 54.4 Å². The van der Waals surface area contributed by atoms with Crippen LogP contribution in [0.2, 0.25) is 0 Å². The summed E-state index contributed by atoms with van der Waals surface area (Å²) >= 11 is 0. The van der Waals surface area contributed by atoms with Gasteiger partial charge in [0.2, 0.25) is 0 Å². The zero-order chi connectivity index (χ0) is 17.4. The number of aromatic nitrogens is 2. The third-order valence-corrected chi connectivity index (χ3v) is 3.91. The molecule has 0 aliphatic carbocycles. The van der Waals surface area contributed by atoms with E-state index in [0.717, 1.165) is 18.5 Å². The monoisotopic (exact) mass is 323 g/mol. The van der Waals surface area contributed by atoms with E-state index < -0.39 is 11.2 Å². The van der Waals surface area contributed by atoms with E-state index in [9.17, 15) is 9.90 Å². The molecule has 1 aliphatic rings. The molecule has 6 nitrogen and oxygen atoms in total. The van der Waals surface area contributed by atoms with Crippen LogP contribution >= 0.6 is 0 Å². The van der Waals surface area contributed by atoms with Crippen molar-refractivity contribution in [3.8, 4) is 0 Å². The highest BCUT2D eigenvalue weighted by Gasteiger charge is 2.31. The summed E-state index contributed by atoms with van der Waals surface area (Å²) < 4.78 is 7.50. The Kier molecular flexibility index (Phi) is 4.76. The quantitative estimate of drug-likeness (QED) is 0.908. The van der Waals surface area contributed by atoms with Crippen LogP contribution in [0.25, 0.3) is 0 Å². The molecule has 1 amide bonds. The van der Waals surface area contributed by atoms with Crippen molar-refractivity contribution >= 4 is 6.09 Å². The zero-order valence-corrected chi connectivity index (χ0v) is 15.1. The number of amides is 1. The van der Waals surface area contributed by atoms with Crippen LogP contribution < -0.4 is 0 Å². The summed E-state index contributed by atoms with van der Waals surface area (Å²) in [5.74, 6) is 0.686. The number of aryl methyl sites for hydroxylation is 1. The second-order valence-corrected chi connectivity index (χ2v) is 7.87. The lowest BCUT2D eigenvalue weighted by atomic mass is 10.0. The summed E-state index contributed by atoms with van der Waals surface area (Å²) in [5, 5.41) is 10.3. The fraction of sp³-hybridized carbons (Fsp3) is 0.765. The standard InChI is InChI=1S/C17H29N3O3/c1-12-11-20(14(18-12)17(5,6)22)13-7-9-19(10-8-13)15(21)23-16(2,3)4/h11,13,22H,7-10H2,1-6H3. The smallest absolute Gasteiger partial charge is 0.410 e. The minimum atomic E-state index is -0.976. The van der Waals surface area contributed by atoms with Crippen LogP contribution in [0.15, 0.2) is 6.20 Å². The molecule has 0 atom stereocenters. The maximum atomic E-state index is 12.1. The molecule has 0 aromatic carbocycles. The first-order valence-electron chi connectivity index (χ1n) is 8.23. The average molecular weight is 323 g/mol. The maximum Gasteiger partial charge on any atom is 0.410 e. The van der Waals surface area contributed by atoms with E-state index in [1.807, 2.05) is 33.9 Å². The van der Waals surface area contributed by atoms with Crippen LogP contribution in [0.3, 0.4) is 0 Å². The van der Waals surface area contributed by atoms with Crippen LogP contribution in [-0.2, 0) is 10.3 Å². The van der Waals surface area contributed by atoms with Gasteiger partial charge in [-0.15, -0.1) is 0 Å². The first kappa shape index (κ1) is 17.8. The highest BCUT2D eigenvalue weighted by molar-refractivity contribution is 5.68. The van der Waals surface area contributed by atoms with Crippen LogP contribution in [0, 0.1) is 6.92 Å². The predicted molar refractivity (Wildman–Crippen MR) is 88.3 cm³/mol. The molecule has 0 unspecified atom stereocenters. The summed E-state index contributed by atoms with van der Waals surface area (Å²) in [6.45, 7) is 12.4. The number of nitrogens with zero attached hydrogens (tertiary/aromatic N) is 3. The summed E-state index contributed by atoms with van der Waals surface area (Å²) in [4.78, 5) is 18.4. The fourth-order valence-corrected chi connectivity index (χ4v) is 2.90. The molecule has 1 aromatic heterocycles. The third-order valence-electron chi connectivity index (χ3n) is 3.91. The Morgan fingerprint density at radius 1 is 1.26 bits per heavy atom. The van der Waals surface area contributed by atoms with Crippen LogP contribution in [0.5, 0.6) is 0 Å². The zero-order valence-electron chi connectivity index (χ0n) is 15.1. The average Bonchev–Trinajstić information content (AvgIpc) is 2.79. The highest BCUT2D eigenvalue weighted by atomic mass is 16.6. The molecule has 23 heavy (non-hydrogen) atoms.